The van der Waals surface area contributed by atoms with Crippen molar-refractivity contribution in [1.29, 1.82) is 0 Å². The second kappa shape index (κ2) is 19.9. The van der Waals surface area contributed by atoms with Crippen molar-refractivity contribution in [3.8, 4) is 0 Å². The minimum absolute atomic E-state index is 0. The molecule has 0 N–H and O–H groups in total. The molecule has 0 saturated heterocycles. The Morgan fingerprint density at radius 2 is 1.21 bits per heavy atom. The van der Waals surface area contributed by atoms with Crippen LogP contribution in [0.1, 0.15) is 84.0 Å². The smallest absolute Gasteiger partial charge is 0.550 e. The molecule has 5 nitrogen and oxygen atoms in total. The molecule has 1 unspecified atom stereocenters. The third kappa shape index (κ3) is 17.4. The van der Waals surface area contributed by atoms with Gasteiger partial charge in [-0.05, 0) is 19.3 Å². The van der Waals surface area contributed by atoms with E-state index in [-0.39, 0.29) is 72.0 Å². The summed E-state index contributed by atoms with van der Waals surface area (Å²) in [5.41, 5.74) is 0. The van der Waals surface area contributed by atoms with E-state index >= 15 is 0 Å². The minimum Gasteiger partial charge on any atom is -0.550 e. The Hall–Kier alpha value is 0.610. The molecule has 24 heavy (non-hydrogen) atoms. The van der Waals surface area contributed by atoms with Crippen molar-refractivity contribution in [3.05, 3.63) is 0 Å². The number of carboxylic acid groups (broad SMARTS) is 2. The predicted octanol–water partition coefficient (Wildman–Crippen LogP) is -4.62. The van der Waals surface area contributed by atoms with Crippen molar-refractivity contribution < 1.29 is 83.7 Å². The fourth-order valence-corrected chi connectivity index (χ4v) is 2.46. The van der Waals surface area contributed by atoms with Gasteiger partial charge in [-0.15, -0.1) is 0 Å². The van der Waals surface area contributed by atoms with Crippen LogP contribution in [0.2, 0.25) is 0 Å². The average Bonchev–Trinajstić information content (AvgIpc) is 2.45. The van der Waals surface area contributed by atoms with Crippen molar-refractivity contribution in [1.82, 2.24) is 0 Å². The van der Waals surface area contributed by atoms with Gasteiger partial charge in [0.05, 0.1) is 11.9 Å². The fourth-order valence-electron chi connectivity index (χ4n) is 2.46. The Morgan fingerprint density at radius 1 is 0.750 bits per heavy atom. The molecule has 7 heteroatoms. The standard InChI is InChI=1S/C17H30O5.2Na/c1-2-3-4-5-6-7-8-9-10-11-15(18)14(17(21)22)12-13-16(19)20;;/h14H,2-13H2,1H3,(H,19,20)(H,21,22);;/q;2*+1/p-2. The van der Waals surface area contributed by atoms with Crippen LogP contribution in [-0.2, 0) is 14.4 Å². The molecule has 128 valence electrons. The van der Waals surface area contributed by atoms with Crippen molar-refractivity contribution >= 4 is 17.7 Å². The Labute approximate surface area is 189 Å². The summed E-state index contributed by atoms with van der Waals surface area (Å²) in [6.07, 6.45) is 9.53. The van der Waals surface area contributed by atoms with E-state index in [1.54, 1.807) is 0 Å². The number of Topliss-reactive ketones (excluding diaryl/α,β-unsaturated/α-hetero) is 1. The SMILES string of the molecule is CCCCCCCCCCCC(=O)C(CCC(=O)[O-])C(=O)[O-].[Na+].[Na+]. The summed E-state index contributed by atoms with van der Waals surface area (Å²) in [7, 11) is 0. The van der Waals surface area contributed by atoms with E-state index < -0.39 is 30.1 Å². The van der Waals surface area contributed by atoms with Gasteiger partial charge in [0.1, 0.15) is 5.78 Å². The van der Waals surface area contributed by atoms with Crippen molar-refractivity contribution in [3.63, 3.8) is 0 Å². The van der Waals surface area contributed by atoms with Crippen LogP contribution in [0.15, 0.2) is 0 Å². The molecule has 0 fully saturated rings. The summed E-state index contributed by atoms with van der Waals surface area (Å²) >= 11 is 0. The molecule has 0 rings (SSSR count). The Kier molecular flexibility index (Phi) is 24.4. The zero-order valence-corrected chi connectivity index (χ0v) is 19.6. The number of carbonyl (C=O) groups is 3. The summed E-state index contributed by atoms with van der Waals surface area (Å²) in [5, 5.41) is 21.2. The van der Waals surface area contributed by atoms with Crippen LogP contribution in [0.5, 0.6) is 0 Å². The second-order valence-electron chi connectivity index (χ2n) is 5.83. The van der Waals surface area contributed by atoms with Gasteiger partial charge in [0.2, 0.25) is 0 Å². The number of ketones is 1. The molecule has 0 radical (unpaired) electrons. The third-order valence-corrected chi connectivity index (χ3v) is 3.84. The van der Waals surface area contributed by atoms with Gasteiger partial charge in [-0.3, -0.25) is 4.79 Å². The quantitative estimate of drug-likeness (QED) is 0.167. The molecule has 0 aromatic heterocycles. The van der Waals surface area contributed by atoms with E-state index in [9.17, 15) is 24.6 Å². The predicted molar refractivity (Wildman–Crippen MR) is 79.6 cm³/mol. The number of aliphatic carboxylic acids is 2. The van der Waals surface area contributed by atoms with Crippen LogP contribution < -0.4 is 69.3 Å². The van der Waals surface area contributed by atoms with Crippen LogP contribution in [0.4, 0.5) is 0 Å². The summed E-state index contributed by atoms with van der Waals surface area (Å²) in [4.78, 5) is 33.0. The van der Waals surface area contributed by atoms with Gasteiger partial charge in [-0.2, -0.15) is 0 Å². The van der Waals surface area contributed by atoms with Crippen LogP contribution in [-0.4, -0.2) is 17.7 Å². The van der Waals surface area contributed by atoms with Gasteiger partial charge in [0.15, 0.2) is 0 Å². The Balaban J connectivity index is -0.00000220. The average molecular weight is 358 g/mol. The Morgan fingerprint density at radius 3 is 1.62 bits per heavy atom. The van der Waals surface area contributed by atoms with Gasteiger partial charge >= 0.3 is 59.1 Å². The van der Waals surface area contributed by atoms with E-state index in [2.05, 4.69) is 6.92 Å². The van der Waals surface area contributed by atoms with Gasteiger partial charge in [0.25, 0.3) is 0 Å². The molecule has 0 heterocycles. The summed E-state index contributed by atoms with van der Waals surface area (Å²) in [6.45, 7) is 2.18. The van der Waals surface area contributed by atoms with E-state index in [0.717, 1.165) is 19.3 Å². The monoisotopic (exact) mass is 358 g/mol. The number of hydrogen-bond donors (Lipinski definition) is 0. The van der Waals surface area contributed by atoms with E-state index in [4.69, 9.17) is 0 Å². The molecule has 0 aromatic carbocycles. The van der Waals surface area contributed by atoms with Gasteiger partial charge < -0.3 is 19.8 Å². The maximum atomic E-state index is 11.8. The maximum absolute atomic E-state index is 11.8. The van der Waals surface area contributed by atoms with E-state index in [0.29, 0.717) is 6.42 Å². The summed E-state index contributed by atoms with van der Waals surface area (Å²) in [5.74, 6) is -4.57. The first-order valence-corrected chi connectivity index (χ1v) is 8.42. The zero-order valence-electron chi connectivity index (χ0n) is 15.6. The molecular formula is C17H28Na2O5. The Bertz CT molecular complexity index is 348. The second-order valence-corrected chi connectivity index (χ2v) is 5.83. The summed E-state index contributed by atoms with van der Waals surface area (Å²) < 4.78 is 0. The van der Waals surface area contributed by atoms with E-state index in [1.807, 2.05) is 0 Å². The molecule has 0 aliphatic carbocycles. The molecule has 0 spiro atoms. The molecule has 0 bridgehead atoms. The molecule has 0 saturated carbocycles. The topological polar surface area (TPSA) is 97.3 Å². The molecule has 1 atom stereocenters. The number of hydrogen-bond acceptors (Lipinski definition) is 5. The number of rotatable bonds is 15. The van der Waals surface area contributed by atoms with Crippen molar-refractivity contribution in [2.24, 2.45) is 5.92 Å². The van der Waals surface area contributed by atoms with Crippen LogP contribution in [0.25, 0.3) is 0 Å². The first kappa shape index (κ1) is 29.4. The zero-order chi connectivity index (χ0) is 16.8. The third-order valence-electron chi connectivity index (χ3n) is 3.84. The first-order chi connectivity index (χ1) is 10.5. The molecule has 0 aromatic rings. The van der Waals surface area contributed by atoms with Gasteiger partial charge in [-0.25, -0.2) is 0 Å². The van der Waals surface area contributed by atoms with Crippen LogP contribution in [0.3, 0.4) is 0 Å². The molecule has 0 aliphatic heterocycles. The van der Waals surface area contributed by atoms with Crippen molar-refractivity contribution in [2.75, 3.05) is 0 Å². The van der Waals surface area contributed by atoms with Gasteiger partial charge in [0, 0.05) is 12.4 Å². The number of unbranched alkanes of at least 4 members (excludes halogenated alkanes) is 8. The van der Waals surface area contributed by atoms with Crippen LogP contribution in [0, 0.1) is 5.92 Å². The normalized spacial score (nSPS) is 11.0. The number of carbonyl (C=O) groups excluding carboxylic acids is 3. The van der Waals surface area contributed by atoms with Crippen LogP contribution >= 0.6 is 0 Å². The first-order valence-electron chi connectivity index (χ1n) is 8.42. The molecule has 0 aliphatic rings. The molecular weight excluding hydrogens is 330 g/mol. The van der Waals surface area contributed by atoms with E-state index in [1.165, 1.54) is 32.1 Å². The largest absolute Gasteiger partial charge is 1.00 e. The fraction of sp³-hybridized carbons (Fsp3) is 0.824. The molecule has 0 amide bonds. The van der Waals surface area contributed by atoms with Crippen molar-refractivity contribution in [2.45, 2.75) is 84.0 Å². The van der Waals surface area contributed by atoms with Gasteiger partial charge in [-0.1, -0.05) is 58.3 Å². The minimum atomic E-state index is -1.48. The summed E-state index contributed by atoms with van der Waals surface area (Å²) in [6, 6.07) is 0. The number of carboxylic acids is 2. The maximum Gasteiger partial charge on any atom is 1.00 e.